The average Bonchev–Trinajstić information content (AvgIpc) is 2.57. The highest BCUT2D eigenvalue weighted by Crippen LogP contribution is 2.17. The number of nitrogens with one attached hydrogen (secondary N) is 1. The van der Waals surface area contributed by atoms with Gasteiger partial charge in [0.25, 0.3) is 0 Å². The first-order chi connectivity index (χ1) is 11.6. The quantitative estimate of drug-likeness (QED) is 0.782. The van der Waals surface area contributed by atoms with Crippen molar-refractivity contribution in [2.45, 2.75) is 6.54 Å². The molecule has 1 aliphatic heterocycles. The van der Waals surface area contributed by atoms with Crippen LogP contribution in [0.2, 0.25) is 5.02 Å². The highest BCUT2D eigenvalue weighted by Gasteiger charge is 2.17. The number of rotatable bonds is 5. The molecule has 2 heterocycles. The van der Waals surface area contributed by atoms with E-state index in [9.17, 15) is 4.79 Å². The van der Waals surface area contributed by atoms with E-state index >= 15 is 0 Å². The Balaban J connectivity index is 1.67. The van der Waals surface area contributed by atoms with E-state index in [2.05, 4.69) is 25.2 Å². The molecule has 2 aromatic rings. The van der Waals surface area contributed by atoms with Gasteiger partial charge in [-0.2, -0.15) is 15.0 Å². The maximum Gasteiger partial charge on any atom is 0.232 e. The second-order valence-electron chi connectivity index (χ2n) is 5.48. The van der Waals surface area contributed by atoms with Crippen LogP contribution in [0, 0.1) is 0 Å². The highest BCUT2D eigenvalue weighted by atomic mass is 35.5. The van der Waals surface area contributed by atoms with Gasteiger partial charge in [-0.15, -0.1) is 0 Å². The van der Waals surface area contributed by atoms with Crippen LogP contribution in [0.5, 0.6) is 0 Å². The van der Waals surface area contributed by atoms with E-state index in [1.54, 1.807) is 17.0 Å². The number of anilines is 3. The van der Waals surface area contributed by atoms with Gasteiger partial charge in [0.1, 0.15) is 5.82 Å². The Morgan fingerprint density at radius 1 is 1.12 bits per heavy atom. The number of hydrogen-bond acceptors (Lipinski definition) is 7. The molecule has 0 radical (unpaired) electrons. The van der Waals surface area contributed by atoms with E-state index in [4.69, 9.17) is 17.3 Å². The molecule has 1 fully saturated rings. The van der Waals surface area contributed by atoms with E-state index in [1.807, 2.05) is 12.1 Å². The molecule has 0 unspecified atom stereocenters. The number of carbonyl (C=O) groups excluding carboxylic acids is 1. The number of nitrogens with zero attached hydrogens (tertiary/aromatic N) is 5. The lowest BCUT2D eigenvalue weighted by atomic mass is 10.3. The van der Waals surface area contributed by atoms with E-state index in [1.165, 1.54) is 0 Å². The number of halogens is 1. The van der Waals surface area contributed by atoms with Crippen LogP contribution in [0.4, 0.5) is 17.6 Å². The normalized spacial score (nSPS) is 15.3. The van der Waals surface area contributed by atoms with Crippen molar-refractivity contribution in [2.75, 3.05) is 37.2 Å². The first kappa shape index (κ1) is 16.4. The van der Waals surface area contributed by atoms with Crippen molar-refractivity contribution < 1.29 is 4.79 Å². The van der Waals surface area contributed by atoms with Crippen LogP contribution in [0.3, 0.4) is 0 Å². The Morgan fingerprint density at radius 3 is 2.50 bits per heavy atom. The largest absolute Gasteiger partial charge is 0.368 e. The Hall–Kier alpha value is -2.45. The zero-order valence-electron chi connectivity index (χ0n) is 13.0. The molecule has 24 heavy (non-hydrogen) atoms. The number of benzene rings is 1. The molecule has 1 aliphatic rings. The van der Waals surface area contributed by atoms with Gasteiger partial charge in [-0.05, 0) is 24.3 Å². The van der Waals surface area contributed by atoms with Crippen LogP contribution in [-0.4, -0.2) is 57.3 Å². The highest BCUT2D eigenvalue weighted by molar-refractivity contribution is 6.30. The topological polar surface area (TPSA) is 100 Å². The number of nitrogens with two attached hydrogens (primary N) is 1. The van der Waals surface area contributed by atoms with Gasteiger partial charge in [0.15, 0.2) is 0 Å². The van der Waals surface area contributed by atoms with Crippen LogP contribution in [0.1, 0.15) is 5.82 Å². The van der Waals surface area contributed by atoms with Gasteiger partial charge >= 0.3 is 0 Å². The summed E-state index contributed by atoms with van der Waals surface area (Å²) in [5, 5.41) is 3.75. The maximum absolute atomic E-state index is 10.8. The van der Waals surface area contributed by atoms with Crippen LogP contribution < -0.4 is 11.1 Å². The first-order valence-corrected chi connectivity index (χ1v) is 7.95. The number of piperazine rings is 1. The molecule has 3 rings (SSSR count). The summed E-state index contributed by atoms with van der Waals surface area (Å²) in [6.45, 7) is 3.54. The molecular formula is C15H18ClN7O. The predicted molar refractivity (Wildman–Crippen MR) is 91.9 cm³/mol. The standard InChI is InChI=1S/C15H18ClN7O/c16-11-1-3-12(4-2-11)18-15-20-13(19-14(17)21-15)9-22-5-7-23(10-24)8-6-22/h1-4,10H,5-9H2,(H3,17,18,19,20,21). The monoisotopic (exact) mass is 347 g/mol. The second kappa shape index (κ2) is 7.41. The van der Waals surface area contributed by atoms with Gasteiger partial charge in [0, 0.05) is 36.9 Å². The molecule has 1 amide bonds. The number of carbonyl (C=O) groups is 1. The van der Waals surface area contributed by atoms with Crippen molar-refractivity contribution in [3.63, 3.8) is 0 Å². The third kappa shape index (κ3) is 4.30. The molecule has 0 atom stereocenters. The maximum atomic E-state index is 10.8. The van der Waals surface area contributed by atoms with Crippen LogP contribution in [0.15, 0.2) is 24.3 Å². The van der Waals surface area contributed by atoms with E-state index in [0.717, 1.165) is 25.2 Å². The van der Waals surface area contributed by atoms with Crippen molar-refractivity contribution in [1.82, 2.24) is 24.8 Å². The van der Waals surface area contributed by atoms with E-state index < -0.39 is 0 Å². The molecule has 126 valence electrons. The summed E-state index contributed by atoms with van der Waals surface area (Å²) in [5.41, 5.74) is 6.60. The fourth-order valence-electron chi connectivity index (χ4n) is 2.45. The summed E-state index contributed by atoms with van der Waals surface area (Å²) in [4.78, 5) is 27.4. The Kier molecular flexibility index (Phi) is 5.07. The van der Waals surface area contributed by atoms with Crippen LogP contribution >= 0.6 is 11.6 Å². The Labute approximate surface area is 144 Å². The molecule has 1 aromatic carbocycles. The molecule has 8 nitrogen and oxygen atoms in total. The lowest BCUT2D eigenvalue weighted by Gasteiger charge is -2.31. The van der Waals surface area contributed by atoms with Gasteiger partial charge in [0.2, 0.25) is 18.3 Å². The minimum absolute atomic E-state index is 0.169. The number of amides is 1. The lowest BCUT2D eigenvalue weighted by molar-refractivity contribution is -0.119. The van der Waals surface area contributed by atoms with Crippen molar-refractivity contribution in [3.05, 3.63) is 35.1 Å². The number of aromatic nitrogens is 3. The van der Waals surface area contributed by atoms with E-state index in [-0.39, 0.29) is 5.95 Å². The van der Waals surface area contributed by atoms with Crippen LogP contribution in [-0.2, 0) is 11.3 Å². The molecule has 0 aliphatic carbocycles. The van der Waals surface area contributed by atoms with Crippen molar-refractivity contribution >= 4 is 35.6 Å². The summed E-state index contributed by atoms with van der Waals surface area (Å²) in [5.74, 6) is 1.16. The minimum Gasteiger partial charge on any atom is -0.368 e. The molecule has 0 bridgehead atoms. The van der Waals surface area contributed by atoms with Crippen molar-refractivity contribution in [3.8, 4) is 0 Å². The van der Waals surface area contributed by atoms with Gasteiger partial charge < -0.3 is 16.0 Å². The minimum atomic E-state index is 0.169. The summed E-state index contributed by atoms with van der Waals surface area (Å²) >= 11 is 5.87. The predicted octanol–water partition coefficient (Wildman–Crippen LogP) is 1.12. The molecule has 1 aromatic heterocycles. The molecule has 3 N–H and O–H groups in total. The molecule has 0 saturated carbocycles. The Morgan fingerprint density at radius 2 is 1.83 bits per heavy atom. The molecule has 0 spiro atoms. The summed E-state index contributed by atoms with van der Waals surface area (Å²) < 4.78 is 0. The lowest BCUT2D eigenvalue weighted by Crippen LogP contribution is -2.45. The summed E-state index contributed by atoms with van der Waals surface area (Å²) in [7, 11) is 0. The van der Waals surface area contributed by atoms with Crippen molar-refractivity contribution in [2.24, 2.45) is 0 Å². The summed E-state index contributed by atoms with van der Waals surface area (Å²) in [6.07, 6.45) is 0.881. The first-order valence-electron chi connectivity index (χ1n) is 7.57. The third-order valence-corrected chi connectivity index (χ3v) is 3.97. The van der Waals surface area contributed by atoms with Crippen molar-refractivity contribution in [1.29, 1.82) is 0 Å². The fraction of sp³-hybridized carbons (Fsp3) is 0.333. The fourth-order valence-corrected chi connectivity index (χ4v) is 2.58. The van der Waals surface area contributed by atoms with Gasteiger partial charge in [-0.25, -0.2) is 0 Å². The average molecular weight is 348 g/mol. The SMILES string of the molecule is Nc1nc(CN2CCN(C=O)CC2)nc(Nc2ccc(Cl)cc2)n1. The zero-order valence-corrected chi connectivity index (χ0v) is 13.8. The molecular weight excluding hydrogens is 330 g/mol. The number of nitrogen functional groups attached to an aromatic ring is 1. The van der Waals surface area contributed by atoms with E-state index in [0.29, 0.717) is 36.4 Å². The smallest absolute Gasteiger partial charge is 0.232 e. The number of hydrogen-bond donors (Lipinski definition) is 2. The third-order valence-electron chi connectivity index (χ3n) is 3.72. The van der Waals surface area contributed by atoms with Crippen LogP contribution in [0.25, 0.3) is 0 Å². The molecule has 1 saturated heterocycles. The summed E-state index contributed by atoms with van der Waals surface area (Å²) in [6, 6.07) is 7.23. The van der Waals surface area contributed by atoms with Gasteiger partial charge in [0.05, 0.1) is 6.54 Å². The molecule has 9 heteroatoms. The Bertz CT molecular complexity index is 701. The second-order valence-corrected chi connectivity index (χ2v) is 5.92. The zero-order chi connectivity index (χ0) is 16.9. The van der Waals surface area contributed by atoms with Gasteiger partial charge in [-0.3, -0.25) is 9.69 Å². The van der Waals surface area contributed by atoms with Gasteiger partial charge in [-0.1, -0.05) is 11.6 Å².